The highest BCUT2D eigenvalue weighted by Crippen LogP contribution is 2.41. The number of benzene rings is 2. The molecule has 1 unspecified atom stereocenters. The van der Waals surface area contributed by atoms with E-state index in [4.69, 9.17) is 16.3 Å². The SMILES string of the molecule is COc1ccc(Cl)cc1/C(O)=C1\C(=O)C(=O)N(CCCN(C)C)C1c1cccc(C)c1. The molecule has 2 aromatic carbocycles. The Bertz CT molecular complexity index is 1030. The van der Waals surface area contributed by atoms with Crippen molar-refractivity contribution in [3.05, 3.63) is 69.8 Å². The summed E-state index contributed by atoms with van der Waals surface area (Å²) in [4.78, 5) is 29.6. The summed E-state index contributed by atoms with van der Waals surface area (Å²) in [6, 6.07) is 11.7. The summed E-state index contributed by atoms with van der Waals surface area (Å²) in [7, 11) is 5.38. The van der Waals surface area contributed by atoms with E-state index in [1.165, 1.54) is 13.2 Å². The summed E-state index contributed by atoms with van der Waals surface area (Å²) in [5.41, 5.74) is 2.09. The molecule has 31 heavy (non-hydrogen) atoms. The monoisotopic (exact) mass is 442 g/mol. The number of ether oxygens (including phenoxy) is 1. The normalized spacial score (nSPS) is 18.1. The van der Waals surface area contributed by atoms with Crippen molar-refractivity contribution in [2.24, 2.45) is 0 Å². The molecule has 2 aromatic rings. The van der Waals surface area contributed by atoms with Gasteiger partial charge in [0.1, 0.15) is 11.5 Å². The van der Waals surface area contributed by atoms with Gasteiger partial charge in [-0.3, -0.25) is 9.59 Å². The lowest BCUT2D eigenvalue weighted by Gasteiger charge is -2.26. The molecular weight excluding hydrogens is 416 g/mol. The Kier molecular flexibility index (Phi) is 7.03. The van der Waals surface area contributed by atoms with Crippen LogP contribution in [-0.2, 0) is 9.59 Å². The van der Waals surface area contributed by atoms with Gasteiger partial charge in [0.05, 0.1) is 24.3 Å². The molecule has 0 aliphatic carbocycles. The number of aliphatic hydroxyl groups excluding tert-OH is 1. The Morgan fingerprint density at radius 3 is 2.58 bits per heavy atom. The van der Waals surface area contributed by atoms with Crippen LogP contribution in [0.5, 0.6) is 5.75 Å². The molecule has 1 heterocycles. The van der Waals surface area contributed by atoms with E-state index >= 15 is 0 Å². The van der Waals surface area contributed by atoms with Crippen molar-refractivity contribution in [2.75, 3.05) is 34.3 Å². The van der Waals surface area contributed by atoms with Crippen molar-refractivity contribution in [2.45, 2.75) is 19.4 Å². The van der Waals surface area contributed by atoms with Gasteiger partial charge in [-0.1, -0.05) is 41.4 Å². The van der Waals surface area contributed by atoms with Crippen molar-refractivity contribution in [1.82, 2.24) is 9.80 Å². The quantitative estimate of drug-likeness (QED) is 0.398. The number of rotatable bonds is 7. The standard InChI is InChI=1S/C24H27ClN2O4/c1-15-7-5-8-16(13-15)21-20(22(28)18-14-17(25)9-10-19(18)31-4)23(29)24(30)27(21)12-6-11-26(2)3/h5,7-10,13-14,21,28H,6,11-12H2,1-4H3/b22-20+. The Morgan fingerprint density at radius 2 is 1.94 bits per heavy atom. The molecule has 1 aliphatic rings. The molecule has 0 spiro atoms. The lowest BCUT2D eigenvalue weighted by Crippen LogP contribution is -2.32. The third-order valence-corrected chi connectivity index (χ3v) is 5.55. The molecule has 1 saturated heterocycles. The van der Waals surface area contributed by atoms with Crippen molar-refractivity contribution in [1.29, 1.82) is 0 Å². The highest BCUT2D eigenvalue weighted by Gasteiger charge is 2.46. The smallest absolute Gasteiger partial charge is 0.295 e. The van der Waals surface area contributed by atoms with E-state index in [2.05, 4.69) is 0 Å². The maximum Gasteiger partial charge on any atom is 0.295 e. The number of Topliss-reactive ketones (excluding diaryl/α,β-unsaturated/α-hetero) is 1. The number of hydrogen-bond donors (Lipinski definition) is 1. The number of ketones is 1. The number of aryl methyl sites for hydroxylation is 1. The summed E-state index contributed by atoms with van der Waals surface area (Å²) in [6.07, 6.45) is 0.697. The van der Waals surface area contributed by atoms with Crippen molar-refractivity contribution < 1.29 is 19.4 Å². The second kappa shape index (κ2) is 9.54. The lowest BCUT2D eigenvalue weighted by atomic mass is 9.94. The minimum Gasteiger partial charge on any atom is -0.507 e. The zero-order valence-corrected chi connectivity index (χ0v) is 18.9. The Morgan fingerprint density at radius 1 is 1.19 bits per heavy atom. The van der Waals surface area contributed by atoms with Gasteiger partial charge in [0, 0.05) is 11.6 Å². The van der Waals surface area contributed by atoms with E-state index in [1.54, 1.807) is 17.0 Å². The molecule has 0 radical (unpaired) electrons. The van der Waals surface area contributed by atoms with Gasteiger partial charge < -0.3 is 19.6 Å². The first-order valence-corrected chi connectivity index (χ1v) is 10.5. The third-order valence-electron chi connectivity index (χ3n) is 5.32. The number of halogens is 1. The molecular formula is C24H27ClN2O4. The van der Waals surface area contributed by atoms with Gasteiger partial charge in [0.15, 0.2) is 0 Å². The second-order valence-corrected chi connectivity index (χ2v) is 8.34. The summed E-state index contributed by atoms with van der Waals surface area (Å²) in [5.74, 6) is -1.26. The van der Waals surface area contributed by atoms with Crippen molar-refractivity contribution >= 4 is 29.1 Å². The summed E-state index contributed by atoms with van der Waals surface area (Å²) < 4.78 is 5.35. The first-order chi connectivity index (χ1) is 14.7. The first-order valence-electron chi connectivity index (χ1n) is 10.1. The zero-order chi connectivity index (χ0) is 22.7. The molecule has 1 N–H and O–H groups in total. The number of carbonyl (C=O) groups excluding carboxylic acids is 2. The van der Waals surface area contributed by atoms with Gasteiger partial charge in [-0.2, -0.15) is 0 Å². The molecule has 1 atom stereocenters. The van der Waals surface area contributed by atoms with Crippen LogP contribution >= 0.6 is 11.6 Å². The summed E-state index contributed by atoms with van der Waals surface area (Å²) in [5, 5.41) is 11.6. The molecule has 0 aromatic heterocycles. The van der Waals surface area contributed by atoms with E-state index < -0.39 is 17.7 Å². The molecule has 164 valence electrons. The first kappa shape index (κ1) is 22.8. The fourth-order valence-corrected chi connectivity index (χ4v) is 4.04. The third kappa shape index (κ3) is 4.75. The van der Waals surface area contributed by atoms with Crippen LogP contribution in [0.2, 0.25) is 5.02 Å². The van der Waals surface area contributed by atoms with Gasteiger partial charge in [-0.15, -0.1) is 0 Å². The lowest BCUT2D eigenvalue weighted by molar-refractivity contribution is -0.139. The highest BCUT2D eigenvalue weighted by molar-refractivity contribution is 6.46. The molecule has 0 bridgehead atoms. The molecule has 3 rings (SSSR count). The number of hydrogen-bond acceptors (Lipinski definition) is 5. The van der Waals surface area contributed by atoms with Gasteiger partial charge in [-0.25, -0.2) is 0 Å². The van der Waals surface area contributed by atoms with E-state index in [1.807, 2.05) is 50.2 Å². The zero-order valence-electron chi connectivity index (χ0n) is 18.2. The topological polar surface area (TPSA) is 70.1 Å². The number of aliphatic hydroxyl groups is 1. The van der Waals surface area contributed by atoms with Crippen LogP contribution in [0.3, 0.4) is 0 Å². The molecule has 7 heteroatoms. The fraction of sp³-hybridized carbons (Fsp3) is 0.333. The van der Waals surface area contributed by atoms with Gasteiger partial charge in [0.2, 0.25) is 0 Å². The van der Waals surface area contributed by atoms with Crippen LogP contribution in [0, 0.1) is 6.92 Å². The number of methoxy groups -OCH3 is 1. The van der Waals surface area contributed by atoms with Crippen LogP contribution in [0.4, 0.5) is 0 Å². The molecule has 1 amide bonds. The largest absolute Gasteiger partial charge is 0.507 e. The summed E-state index contributed by atoms with van der Waals surface area (Å²) >= 11 is 6.13. The van der Waals surface area contributed by atoms with Crippen LogP contribution in [0.25, 0.3) is 5.76 Å². The van der Waals surface area contributed by atoms with Crippen LogP contribution in [0.1, 0.15) is 29.2 Å². The molecule has 1 fully saturated rings. The van der Waals surface area contributed by atoms with Crippen molar-refractivity contribution in [3.63, 3.8) is 0 Å². The second-order valence-electron chi connectivity index (χ2n) is 7.91. The Hall–Kier alpha value is -2.83. The van der Waals surface area contributed by atoms with Crippen LogP contribution in [0.15, 0.2) is 48.0 Å². The number of nitrogens with zero attached hydrogens (tertiary/aromatic N) is 2. The minimum atomic E-state index is -0.712. The fourth-order valence-electron chi connectivity index (χ4n) is 3.87. The molecule has 6 nitrogen and oxygen atoms in total. The summed E-state index contributed by atoms with van der Waals surface area (Å²) in [6.45, 7) is 3.11. The Labute approximate surface area is 187 Å². The van der Waals surface area contributed by atoms with E-state index in [0.29, 0.717) is 23.7 Å². The predicted octanol–water partition coefficient (Wildman–Crippen LogP) is 4.03. The number of carbonyl (C=O) groups is 2. The predicted molar refractivity (Wildman–Crippen MR) is 121 cm³/mol. The van der Waals surface area contributed by atoms with E-state index in [0.717, 1.165) is 17.7 Å². The molecule has 1 aliphatic heterocycles. The minimum absolute atomic E-state index is 0.0426. The van der Waals surface area contributed by atoms with E-state index in [9.17, 15) is 14.7 Å². The van der Waals surface area contributed by atoms with E-state index in [-0.39, 0.29) is 16.9 Å². The Balaban J connectivity index is 2.16. The number of likely N-dealkylation sites (tertiary alicyclic amines) is 1. The van der Waals surface area contributed by atoms with Gasteiger partial charge >= 0.3 is 0 Å². The van der Waals surface area contributed by atoms with Crippen LogP contribution in [-0.4, -0.2) is 60.9 Å². The maximum atomic E-state index is 13.1. The molecule has 0 saturated carbocycles. The van der Waals surface area contributed by atoms with Gasteiger partial charge in [-0.05, 0) is 57.7 Å². The average Bonchev–Trinajstić information content (AvgIpc) is 2.98. The average molecular weight is 443 g/mol. The van der Waals surface area contributed by atoms with Crippen LogP contribution < -0.4 is 4.74 Å². The van der Waals surface area contributed by atoms with Gasteiger partial charge in [0.25, 0.3) is 11.7 Å². The highest BCUT2D eigenvalue weighted by atomic mass is 35.5. The number of amides is 1. The maximum absolute atomic E-state index is 13.1. The van der Waals surface area contributed by atoms with Crippen molar-refractivity contribution in [3.8, 4) is 5.75 Å².